The number of nitrogens with one attached hydrogen (secondary N) is 1. The fourth-order valence-electron chi connectivity index (χ4n) is 2.50. The topological polar surface area (TPSA) is 58.6 Å². The lowest BCUT2D eigenvalue weighted by atomic mass is 10.1. The molecule has 2 heterocycles. The number of amides is 1. The summed E-state index contributed by atoms with van der Waals surface area (Å²) in [5.41, 5.74) is 0. The van der Waals surface area contributed by atoms with Crippen molar-refractivity contribution in [2.75, 3.05) is 20.2 Å². The molecule has 2 atom stereocenters. The number of esters is 1. The van der Waals surface area contributed by atoms with E-state index >= 15 is 0 Å². The van der Waals surface area contributed by atoms with Crippen LogP contribution in [0.15, 0.2) is 0 Å². The van der Waals surface area contributed by atoms with E-state index in [1.54, 1.807) is 0 Å². The van der Waals surface area contributed by atoms with Crippen molar-refractivity contribution in [3.05, 3.63) is 0 Å². The van der Waals surface area contributed by atoms with Crippen molar-refractivity contribution >= 4 is 40.2 Å². The molecule has 0 aromatic carbocycles. The first-order valence-electron chi connectivity index (χ1n) is 6.95. The molecule has 2 unspecified atom stereocenters. The molecule has 0 aliphatic carbocycles. The van der Waals surface area contributed by atoms with Gasteiger partial charge in [-0.2, -0.15) is 0 Å². The Morgan fingerprint density at radius 2 is 2.05 bits per heavy atom. The number of likely N-dealkylation sites (tertiary alicyclic amines) is 1. The zero-order chi connectivity index (χ0) is 14.5. The van der Waals surface area contributed by atoms with Crippen LogP contribution in [0, 0.1) is 0 Å². The van der Waals surface area contributed by atoms with Gasteiger partial charge < -0.3 is 15.0 Å². The summed E-state index contributed by atoms with van der Waals surface area (Å²) in [5.74, 6) is -0.476. The van der Waals surface area contributed by atoms with Gasteiger partial charge in [-0.3, -0.25) is 4.79 Å². The summed E-state index contributed by atoms with van der Waals surface area (Å²) in [4.78, 5) is 25.9. The van der Waals surface area contributed by atoms with Gasteiger partial charge in [0.05, 0.1) is 12.4 Å². The van der Waals surface area contributed by atoms with E-state index in [9.17, 15) is 9.59 Å². The molecule has 0 aromatic rings. The third-order valence-electron chi connectivity index (χ3n) is 3.66. The van der Waals surface area contributed by atoms with E-state index in [0.717, 1.165) is 30.3 Å². The van der Waals surface area contributed by atoms with Crippen LogP contribution in [0.4, 0.5) is 0 Å². The summed E-state index contributed by atoms with van der Waals surface area (Å²) in [5, 5.41) is 2.57. The summed E-state index contributed by atoms with van der Waals surface area (Å²) in [7, 11) is 1.34. The zero-order valence-electron chi connectivity index (χ0n) is 11.6. The highest BCUT2D eigenvalue weighted by atomic mass is 32.2. The maximum Gasteiger partial charge on any atom is 0.328 e. The Balaban J connectivity index is 1.90. The lowest BCUT2D eigenvalue weighted by Gasteiger charge is -2.21. The van der Waals surface area contributed by atoms with Crippen LogP contribution in [0.2, 0.25) is 0 Å². The Kier molecular flexibility index (Phi) is 5.65. The normalized spacial score (nSPS) is 26.9. The largest absolute Gasteiger partial charge is 0.467 e. The van der Waals surface area contributed by atoms with Gasteiger partial charge in [0.2, 0.25) is 5.91 Å². The lowest BCUT2D eigenvalue weighted by Crippen LogP contribution is -2.43. The summed E-state index contributed by atoms with van der Waals surface area (Å²) < 4.78 is 5.50. The first-order chi connectivity index (χ1) is 9.61. The number of hydrogen-bond donors (Lipinski definition) is 1. The molecule has 0 saturated carbocycles. The van der Waals surface area contributed by atoms with Crippen molar-refractivity contribution in [3.63, 3.8) is 0 Å². The molecule has 20 heavy (non-hydrogen) atoms. The number of thiocarbonyl (C=S) groups is 1. The molecule has 112 valence electrons. The van der Waals surface area contributed by atoms with E-state index in [-0.39, 0.29) is 17.1 Å². The Morgan fingerprint density at radius 1 is 1.35 bits per heavy atom. The maximum absolute atomic E-state index is 12.2. The molecule has 0 spiro atoms. The van der Waals surface area contributed by atoms with Crippen LogP contribution in [-0.4, -0.2) is 52.6 Å². The first-order valence-corrected chi connectivity index (χ1v) is 8.24. The van der Waals surface area contributed by atoms with Gasteiger partial charge in [-0.15, -0.1) is 0 Å². The second-order valence-electron chi connectivity index (χ2n) is 5.08. The third-order valence-corrected chi connectivity index (χ3v) is 5.40. The van der Waals surface area contributed by atoms with Gasteiger partial charge in [0.15, 0.2) is 0 Å². The number of hydrogen-bond acceptors (Lipinski definition) is 5. The van der Waals surface area contributed by atoms with Gasteiger partial charge in [0.1, 0.15) is 10.4 Å². The van der Waals surface area contributed by atoms with Crippen LogP contribution in [0.5, 0.6) is 0 Å². The second-order valence-corrected chi connectivity index (χ2v) is 6.92. The van der Waals surface area contributed by atoms with Gasteiger partial charge in [-0.25, -0.2) is 4.79 Å². The Labute approximate surface area is 128 Å². The zero-order valence-corrected chi connectivity index (χ0v) is 13.2. The van der Waals surface area contributed by atoms with Gasteiger partial charge in [0, 0.05) is 13.1 Å². The van der Waals surface area contributed by atoms with Crippen molar-refractivity contribution in [1.29, 1.82) is 0 Å². The first kappa shape index (κ1) is 15.6. The quantitative estimate of drug-likeness (QED) is 0.612. The summed E-state index contributed by atoms with van der Waals surface area (Å²) in [6.45, 7) is 1.98. The number of carbonyl (C=O) groups excluding carboxylic acids is 2. The van der Waals surface area contributed by atoms with Crippen molar-refractivity contribution < 1.29 is 14.3 Å². The molecule has 1 amide bonds. The highest BCUT2D eigenvalue weighted by molar-refractivity contribution is 8.23. The molecular formula is C13H20N2O3S2. The standard InChI is InChI=1S/C13H20N2O3S2/c1-18-12(17)9-5-4-6-10(11(16)14-9)20-13(19)15-7-2-3-8-15/h9-10H,2-8H2,1H3,(H,14,16). The van der Waals surface area contributed by atoms with E-state index < -0.39 is 6.04 Å². The molecule has 2 saturated heterocycles. The molecule has 2 aliphatic rings. The van der Waals surface area contributed by atoms with Gasteiger partial charge in [0.25, 0.3) is 0 Å². The highest BCUT2D eigenvalue weighted by Gasteiger charge is 2.31. The molecule has 2 aliphatic heterocycles. The molecule has 0 radical (unpaired) electrons. The molecule has 0 bridgehead atoms. The van der Waals surface area contributed by atoms with Crippen LogP contribution in [0.3, 0.4) is 0 Å². The maximum atomic E-state index is 12.2. The van der Waals surface area contributed by atoms with E-state index in [1.807, 2.05) is 0 Å². The average Bonchev–Trinajstić information content (AvgIpc) is 2.92. The average molecular weight is 316 g/mol. The van der Waals surface area contributed by atoms with E-state index in [2.05, 4.69) is 10.2 Å². The molecular weight excluding hydrogens is 296 g/mol. The van der Waals surface area contributed by atoms with Crippen molar-refractivity contribution in [1.82, 2.24) is 10.2 Å². The number of methoxy groups -OCH3 is 1. The van der Waals surface area contributed by atoms with Crippen LogP contribution in [-0.2, 0) is 14.3 Å². The fraction of sp³-hybridized carbons (Fsp3) is 0.769. The number of ether oxygens (including phenoxy) is 1. The van der Waals surface area contributed by atoms with Gasteiger partial charge in [-0.1, -0.05) is 24.0 Å². The number of carbonyl (C=O) groups is 2. The molecule has 1 N–H and O–H groups in total. The lowest BCUT2D eigenvalue weighted by molar-refractivity contribution is -0.144. The van der Waals surface area contributed by atoms with Gasteiger partial charge in [-0.05, 0) is 32.1 Å². The fourth-order valence-corrected chi connectivity index (χ4v) is 4.07. The van der Waals surface area contributed by atoms with Crippen molar-refractivity contribution in [2.24, 2.45) is 0 Å². The predicted octanol–water partition coefficient (Wildman–Crippen LogP) is 1.31. The number of rotatable bonds is 2. The highest BCUT2D eigenvalue weighted by Crippen LogP contribution is 2.26. The van der Waals surface area contributed by atoms with E-state index in [1.165, 1.54) is 31.7 Å². The summed E-state index contributed by atoms with van der Waals surface area (Å²) in [6, 6.07) is -0.515. The molecule has 7 heteroatoms. The summed E-state index contributed by atoms with van der Waals surface area (Å²) in [6.07, 6.45) is 4.53. The second kappa shape index (κ2) is 7.26. The summed E-state index contributed by atoms with van der Waals surface area (Å²) >= 11 is 6.87. The monoisotopic (exact) mass is 316 g/mol. The third kappa shape index (κ3) is 3.85. The van der Waals surface area contributed by atoms with Crippen LogP contribution >= 0.6 is 24.0 Å². The minimum Gasteiger partial charge on any atom is -0.467 e. The van der Waals surface area contributed by atoms with E-state index in [4.69, 9.17) is 17.0 Å². The minimum atomic E-state index is -0.515. The smallest absolute Gasteiger partial charge is 0.328 e. The van der Waals surface area contributed by atoms with Crippen molar-refractivity contribution in [3.8, 4) is 0 Å². The SMILES string of the molecule is COC(=O)C1CCCC(SC(=S)N2CCCC2)C(=O)N1. The molecule has 5 nitrogen and oxygen atoms in total. The van der Waals surface area contributed by atoms with Crippen molar-refractivity contribution in [2.45, 2.75) is 43.4 Å². The molecule has 0 aromatic heterocycles. The van der Waals surface area contributed by atoms with Crippen LogP contribution < -0.4 is 5.32 Å². The minimum absolute atomic E-state index is 0.107. The van der Waals surface area contributed by atoms with Crippen LogP contribution in [0.1, 0.15) is 32.1 Å². The molecule has 2 fully saturated rings. The Bertz CT molecular complexity index is 397. The number of nitrogens with zero attached hydrogens (tertiary/aromatic N) is 1. The predicted molar refractivity (Wildman–Crippen MR) is 82.6 cm³/mol. The van der Waals surface area contributed by atoms with E-state index in [0.29, 0.717) is 6.42 Å². The van der Waals surface area contributed by atoms with Crippen LogP contribution in [0.25, 0.3) is 0 Å². The van der Waals surface area contributed by atoms with Gasteiger partial charge >= 0.3 is 5.97 Å². The molecule has 2 rings (SSSR count). The number of thioether (sulfide) groups is 1. The Morgan fingerprint density at radius 3 is 2.70 bits per heavy atom. The Hall–Kier alpha value is -0.820.